The number of hydrogen-bond acceptors (Lipinski definition) is 7. The van der Waals surface area contributed by atoms with Crippen LogP contribution in [0.15, 0.2) is 36.7 Å². The van der Waals surface area contributed by atoms with Crippen molar-refractivity contribution in [3.05, 3.63) is 52.3 Å². The molecule has 3 rings (SSSR count). The molecule has 0 saturated carbocycles. The first-order valence-corrected chi connectivity index (χ1v) is 7.14. The fourth-order valence-corrected chi connectivity index (χ4v) is 2.51. The molecule has 0 aromatic carbocycles. The van der Waals surface area contributed by atoms with Gasteiger partial charge in [0.05, 0.1) is 11.3 Å². The van der Waals surface area contributed by atoms with Crippen LogP contribution >= 0.6 is 0 Å². The number of nitriles is 1. The largest absolute Gasteiger partial charge is 0.365 e. The van der Waals surface area contributed by atoms with Crippen molar-refractivity contribution in [3.8, 4) is 6.07 Å². The lowest BCUT2D eigenvalue weighted by Crippen LogP contribution is -2.46. The number of piperazine rings is 1. The lowest BCUT2D eigenvalue weighted by Gasteiger charge is -2.36. The van der Waals surface area contributed by atoms with Crippen molar-refractivity contribution in [3.63, 3.8) is 0 Å². The van der Waals surface area contributed by atoms with Gasteiger partial charge in [-0.05, 0) is 28.1 Å². The topological polar surface area (TPSA) is 99.2 Å². The number of hydrogen-bond donors (Lipinski definition) is 0. The van der Waals surface area contributed by atoms with Gasteiger partial charge in [-0.1, -0.05) is 0 Å². The quantitative estimate of drug-likeness (QED) is 0.627. The van der Waals surface area contributed by atoms with Crippen LogP contribution in [0.2, 0.25) is 0 Å². The van der Waals surface area contributed by atoms with Crippen LogP contribution < -0.4 is 9.80 Å². The van der Waals surface area contributed by atoms with Crippen molar-refractivity contribution in [1.29, 1.82) is 5.26 Å². The average Bonchev–Trinajstić information content (AvgIpc) is 2.62. The van der Waals surface area contributed by atoms with Crippen molar-refractivity contribution in [1.82, 2.24) is 9.97 Å². The lowest BCUT2D eigenvalue weighted by molar-refractivity contribution is -0.389. The predicted octanol–water partition coefficient (Wildman–Crippen LogP) is 1.58. The molecule has 1 fully saturated rings. The normalized spacial score (nSPS) is 14.4. The fourth-order valence-electron chi connectivity index (χ4n) is 2.51. The van der Waals surface area contributed by atoms with Gasteiger partial charge < -0.3 is 19.9 Å². The van der Waals surface area contributed by atoms with Gasteiger partial charge in [0.25, 0.3) is 0 Å². The molecule has 0 radical (unpaired) electrons. The molecule has 0 N–H and O–H groups in total. The first kappa shape index (κ1) is 14.7. The zero-order valence-electron chi connectivity index (χ0n) is 12.3. The zero-order valence-corrected chi connectivity index (χ0v) is 12.3. The minimum atomic E-state index is -0.502. The molecule has 1 saturated heterocycles. The molecule has 0 spiro atoms. The second-order valence-electron chi connectivity index (χ2n) is 5.12. The highest BCUT2D eigenvalue weighted by molar-refractivity contribution is 5.50. The summed E-state index contributed by atoms with van der Waals surface area (Å²) in [5.74, 6) is 0.708. The smallest absolute Gasteiger partial charge is 0.363 e. The molecule has 2 aromatic rings. The summed E-state index contributed by atoms with van der Waals surface area (Å²) >= 11 is 0. The van der Waals surface area contributed by atoms with E-state index in [0.717, 1.165) is 37.7 Å². The molecular formula is C15H14N6O2. The Hall–Kier alpha value is -3.21. The number of nitro groups is 1. The first-order chi connectivity index (χ1) is 11.2. The highest BCUT2D eigenvalue weighted by atomic mass is 16.6. The van der Waals surface area contributed by atoms with E-state index in [1.807, 2.05) is 6.07 Å². The second kappa shape index (κ2) is 6.27. The number of aromatic nitrogens is 2. The fraction of sp³-hybridized carbons (Fsp3) is 0.267. The van der Waals surface area contributed by atoms with Gasteiger partial charge in [-0.3, -0.25) is 0 Å². The Morgan fingerprint density at radius 3 is 2.30 bits per heavy atom. The van der Waals surface area contributed by atoms with E-state index < -0.39 is 4.92 Å². The highest BCUT2D eigenvalue weighted by Gasteiger charge is 2.19. The molecule has 0 amide bonds. The van der Waals surface area contributed by atoms with E-state index in [1.54, 1.807) is 18.3 Å². The molecule has 8 heteroatoms. The Morgan fingerprint density at radius 2 is 1.78 bits per heavy atom. The molecule has 116 valence electrons. The van der Waals surface area contributed by atoms with Gasteiger partial charge in [-0.2, -0.15) is 5.26 Å². The maximum atomic E-state index is 10.6. The van der Waals surface area contributed by atoms with Gasteiger partial charge in [0, 0.05) is 38.4 Å². The standard InChI is InChI=1S/C15H14N6O2/c16-9-12-1-3-14(17-10-12)20-7-5-19(6-8-20)13-2-4-15(18-11-13)21(22)23/h1-4,10-11H,5-8H2. The SMILES string of the molecule is N#Cc1ccc(N2CCN(c3ccc([N+](=O)[O-])nc3)CC2)nc1. The molecule has 23 heavy (non-hydrogen) atoms. The van der Waals surface area contributed by atoms with Gasteiger partial charge in [-0.25, -0.2) is 4.98 Å². The Morgan fingerprint density at radius 1 is 1.04 bits per heavy atom. The Bertz CT molecular complexity index is 730. The van der Waals surface area contributed by atoms with Gasteiger partial charge in [0.2, 0.25) is 0 Å². The van der Waals surface area contributed by atoms with Crippen molar-refractivity contribution in [2.24, 2.45) is 0 Å². The van der Waals surface area contributed by atoms with Crippen LogP contribution in [0.25, 0.3) is 0 Å². The van der Waals surface area contributed by atoms with Crippen molar-refractivity contribution in [2.75, 3.05) is 36.0 Å². The molecule has 2 aromatic heterocycles. The number of anilines is 2. The summed E-state index contributed by atoms with van der Waals surface area (Å²) in [6.07, 6.45) is 3.11. The third kappa shape index (κ3) is 3.18. The third-order valence-corrected chi connectivity index (χ3v) is 3.77. The minimum absolute atomic E-state index is 0.144. The van der Waals surface area contributed by atoms with Crippen LogP contribution in [-0.2, 0) is 0 Å². The van der Waals surface area contributed by atoms with Crippen molar-refractivity contribution in [2.45, 2.75) is 0 Å². The van der Waals surface area contributed by atoms with Crippen LogP contribution in [-0.4, -0.2) is 41.1 Å². The molecule has 1 aliphatic heterocycles. The van der Waals surface area contributed by atoms with Gasteiger partial charge >= 0.3 is 5.82 Å². The molecule has 8 nitrogen and oxygen atoms in total. The molecule has 1 aliphatic rings. The maximum absolute atomic E-state index is 10.6. The molecule has 3 heterocycles. The van der Waals surface area contributed by atoms with E-state index in [9.17, 15) is 10.1 Å². The van der Waals surface area contributed by atoms with Crippen LogP contribution in [0.3, 0.4) is 0 Å². The number of pyridine rings is 2. The maximum Gasteiger partial charge on any atom is 0.363 e. The van der Waals surface area contributed by atoms with Gasteiger partial charge in [0.15, 0.2) is 6.20 Å². The average molecular weight is 310 g/mol. The van der Waals surface area contributed by atoms with Gasteiger partial charge in [0.1, 0.15) is 11.9 Å². The molecule has 0 atom stereocenters. The van der Waals surface area contributed by atoms with Gasteiger partial charge in [-0.15, -0.1) is 0 Å². The summed E-state index contributed by atoms with van der Waals surface area (Å²) < 4.78 is 0. The Kier molecular flexibility index (Phi) is 4.01. The van der Waals surface area contributed by atoms with E-state index in [-0.39, 0.29) is 5.82 Å². The van der Waals surface area contributed by atoms with E-state index in [4.69, 9.17) is 5.26 Å². The summed E-state index contributed by atoms with van der Waals surface area (Å²) in [5, 5.41) is 19.4. The number of nitrogens with zero attached hydrogens (tertiary/aromatic N) is 6. The summed E-state index contributed by atoms with van der Waals surface area (Å²) in [6, 6.07) is 8.81. The summed E-state index contributed by atoms with van der Waals surface area (Å²) in [5.41, 5.74) is 1.42. The minimum Gasteiger partial charge on any atom is -0.365 e. The van der Waals surface area contributed by atoms with E-state index in [2.05, 4.69) is 25.8 Å². The number of rotatable bonds is 3. The third-order valence-electron chi connectivity index (χ3n) is 3.77. The van der Waals surface area contributed by atoms with Crippen molar-refractivity contribution < 1.29 is 4.92 Å². The second-order valence-corrected chi connectivity index (χ2v) is 5.12. The van der Waals surface area contributed by atoms with Crippen LogP contribution in [0.5, 0.6) is 0 Å². The Labute approximate surface area is 132 Å². The van der Waals surface area contributed by atoms with E-state index in [0.29, 0.717) is 5.56 Å². The van der Waals surface area contributed by atoms with E-state index >= 15 is 0 Å². The van der Waals surface area contributed by atoms with Crippen LogP contribution in [0.1, 0.15) is 5.56 Å². The molecular weight excluding hydrogens is 296 g/mol. The molecule has 0 bridgehead atoms. The highest BCUT2D eigenvalue weighted by Crippen LogP contribution is 2.20. The summed E-state index contributed by atoms with van der Waals surface area (Å²) in [6.45, 7) is 3.13. The van der Waals surface area contributed by atoms with E-state index in [1.165, 1.54) is 12.3 Å². The van der Waals surface area contributed by atoms with Crippen LogP contribution in [0.4, 0.5) is 17.3 Å². The lowest BCUT2D eigenvalue weighted by atomic mass is 10.2. The first-order valence-electron chi connectivity index (χ1n) is 7.14. The summed E-state index contributed by atoms with van der Waals surface area (Å²) in [4.78, 5) is 22.6. The monoisotopic (exact) mass is 310 g/mol. The molecule has 0 unspecified atom stereocenters. The van der Waals surface area contributed by atoms with Crippen molar-refractivity contribution >= 4 is 17.3 Å². The molecule has 0 aliphatic carbocycles. The Balaban J connectivity index is 1.63. The zero-order chi connectivity index (χ0) is 16.2. The predicted molar refractivity (Wildman–Crippen MR) is 84.3 cm³/mol. The summed E-state index contributed by atoms with van der Waals surface area (Å²) in [7, 11) is 0. The van der Waals surface area contributed by atoms with Crippen LogP contribution in [0, 0.1) is 21.4 Å².